The van der Waals surface area contributed by atoms with Crippen LogP contribution in [0.3, 0.4) is 0 Å². The molecule has 1 aliphatic rings. The van der Waals surface area contributed by atoms with E-state index in [4.69, 9.17) is 16.3 Å². The lowest BCUT2D eigenvalue weighted by molar-refractivity contribution is -0.139. The molecule has 3 aromatic carbocycles. The number of nitrogens with zero attached hydrogens (tertiary/aromatic N) is 2. The number of benzene rings is 3. The van der Waals surface area contributed by atoms with Crippen molar-refractivity contribution in [2.75, 3.05) is 17.5 Å². The summed E-state index contributed by atoms with van der Waals surface area (Å²) >= 11 is 9.45. The van der Waals surface area contributed by atoms with Crippen LogP contribution in [0.4, 0.5) is 5.69 Å². The Kier molecular flexibility index (Phi) is 10.9. The van der Waals surface area contributed by atoms with Crippen LogP contribution < -0.4 is 14.4 Å². The van der Waals surface area contributed by atoms with Crippen molar-refractivity contribution >= 4 is 55.1 Å². The molecule has 1 aliphatic carbocycles. The van der Waals surface area contributed by atoms with Gasteiger partial charge in [0.05, 0.1) is 17.2 Å². The van der Waals surface area contributed by atoms with Crippen molar-refractivity contribution in [1.82, 2.24) is 10.2 Å². The minimum absolute atomic E-state index is 0.0138. The fraction of sp³-hybridized carbons (Fsp3) is 0.355. The molecule has 11 heteroatoms. The topological polar surface area (TPSA) is 96.0 Å². The first-order valence-electron chi connectivity index (χ1n) is 13.9. The van der Waals surface area contributed by atoms with E-state index in [0.29, 0.717) is 17.4 Å². The first-order valence-corrected chi connectivity index (χ1v) is 16.5. The van der Waals surface area contributed by atoms with E-state index in [1.165, 1.54) is 29.2 Å². The lowest BCUT2D eigenvalue weighted by Gasteiger charge is -2.32. The van der Waals surface area contributed by atoms with Crippen molar-refractivity contribution in [2.45, 2.75) is 63.1 Å². The van der Waals surface area contributed by atoms with Gasteiger partial charge in [-0.3, -0.25) is 13.9 Å². The highest BCUT2D eigenvalue weighted by molar-refractivity contribution is 9.10. The first-order chi connectivity index (χ1) is 20.1. The molecule has 0 unspecified atom stereocenters. The largest absolute Gasteiger partial charge is 0.494 e. The van der Waals surface area contributed by atoms with Crippen molar-refractivity contribution in [3.8, 4) is 5.75 Å². The van der Waals surface area contributed by atoms with Crippen molar-refractivity contribution in [3.05, 3.63) is 87.9 Å². The fourth-order valence-electron chi connectivity index (χ4n) is 4.90. The molecule has 1 atom stereocenters. The Morgan fingerprint density at radius 2 is 1.62 bits per heavy atom. The van der Waals surface area contributed by atoms with E-state index < -0.39 is 28.5 Å². The SMILES string of the molecule is CCOc1ccc(N(CC(=O)N(Cc2ccc(Br)cc2)[C@@H](C)C(=O)NC2CCCC2)S(=O)(=O)c2ccc(Cl)cc2)cc1. The number of hydrogen-bond acceptors (Lipinski definition) is 5. The molecule has 1 N–H and O–H groups in total. The molecule has 0 aliphatic heterocycles. The summed E-state index contributed by atoms with van der Waals surface area (Å²) in [5.41, 5.74) is 1.09. The Morgan fingerprint density at radius 1 is 1.00 bits per heavy atom. The standard InChI is InChI=1S/C31H35BrClN3O5S/c1-3-41-28-16-14-27(15-17-28)36(42(39,40)29-18-12-25(33)13-19-29)21-30(37)35(20-23-8-10-24(32)11-9-23)22(2)31(38)34-26-6-4-5-7-26/h8-19,22,26H,3-7,20-21H2,1-2H3,(H,34,38)/t22-/m0/s1. The Morgan fingerprint density at radius 3 is 2.21 bits per heavy atom. The summed E-state index contributed by atoms with van der Waals surface area (Å²) in [7, 11) is -4.19. The molecule has 0 spiro atoms. The number of sulfonamides is 1. The summed E-state index contributed by atoms with van der Waals surface area (Å²) in [5.74, 6) is -0.204. The number of hydrogen-bond donors (Lipinski definition) is 1. The molecular weight excluding hydrogens is 642 g/mol. The third-order valence-corrected chi connectivity index (χ3v) is 9.82. The highest BCUT2D eigenvalue weighted by Gasteiger charge is 2.33. The number of carbonyl (C=O) groups excluding carboxylic acids is 2. The molecule has 0 heterocycles. The van der Waals surface area contributed by atoms with Gasteiger partial charge in [0.1, 0.15) is 18.3 Å². The zero-order chi connectivity index (χ0) is 30.3. The van der Waals surface area contributed by atoms with Crippen LogP contribution in [0, 0.1) is 0 Å². The van der Waals surface area contributed by atoms with Crippen molar-refractivity contribution in [2.24, 2.45) is 0 Å². The van der Waals surface area contributed by atoms with Gasteiger partial charge in [0, 0.05) is 22.1 Å². The summed E-state index contributed by atoms with van der Waals surface area (Å²) in [4.78, 5) is 28.8. The molecule has 0 radical (unpaired) electrons. The summed E-state index contributed by atoms with van der Waals surface area (Å²) in [5, 5.41) is 3.46. The number of carbonyl (C=O) groups is 2. The van der Waals surface area contributed by atoms with E-state index in [1.807, 2.05) is 31.2 Å². The highest BCUT2D eigenvalue weighted by atomic mass is 79.9. The van der Waals surface area contributed by atoms with E-state index in [9.17, 15) is 18.0 Å². The average molecular weight is 677 g/mol. The van der Waals surface area contributed by atoms with Gasteiger partial charge < -0.3 is 15.0 Å². The van der Waals surface area contributed by atoms with Crippen LogP contribution in [0.1, 0.15) is 45.1 Å². The quantitative estimate of drug-likeness (QED) is 0.248. The average Bonchev–Trinajstić information content (AvgIpc) is 3.49. The van der Waals surface area contributed by atoms with Gasteiger partial charge in [-0.25, -0.2) is 8.42 Å². The molecular formula is C31H35BrClN3O5S. The summed E-state index contributed by atoms with van der Waals surface area (Å²) in [6.45, 7) is 3.60. The predicted octanol–water partition coefficient (Wildman–Crippen LogP) is 6.17. The van der Waals surface area contributed by atoms with Gasteiger partial charge in [-0.2, -0.15) is 0 Å². The first kappa shape index (κ1) is 31.8. The molecule has 0 aromatic heterocycles. The fourth-order valence-corrected chi connectivity index (χ4v) is 6.70. The molecule has 3 aromatic rings. The second kappa shape index (κ2) is 14.4. The van der Waals surface area contributed by atoms with E-state index in [2.05, 4.69) is 21.2 Å². The van der Waals surface area contributed by atoms with Crippen LogP contribution in [0.2, 0.25) is 5.02 Å². The Labute approximate surface area is 261 Å². The van der Waals surface area contributed by atoms with Gasteiger partial charge in [0.25, 0.3) is 10.0 Å². The minimum Gasteiger partial charge on any atom is -0.494 e. The summed E-state index contributed by atoms with van der Waals surface area (Å²) in [6.07, 6.45) is 3.93. The van der Waals surface area contributed by atoms with Crippen molar-refractivity contribution in [3.63, 3.8) is 0 Å². The van der Waals surface area contributed by atoms with Gasteiger partial charge in [-0.15, -0.1) is 0 Å². The number of rotatable bonds is 12. The van der Waals surface area contributed by atoms with Crippen LogP contribution in [0.15, 0.2) is 82.2 Å². The highest BCUT2D eigenvalue weighted by Crippen LogP contribution is 2.28. The van der Waals surface area contributed by atoms with E-state index in [0.717, 1.165) is 40.0 Å². The zero-order valence-corrected chi connectivity index (χ0v) is 26.8. The van der Waals surface area contributed by atoms with Gasteiger partial charge in [0.15, 0.2) is 0 Å². The number of halogens is 2. The van der Waals surface area contributed by atoms with Crippen LogP contribution in [0.5, 0.6) is 5.75 Å². The second-order valence-electron chi connectivity index (χ2n) is 10.2. The summed E-state index contributed by atoms with van der Waals surface area (Å²) in [6, 6.07) is 19.0. The van der Waals surface area contributed by atoms with Crippen LogP contribution in [0.25, 0.3) is 0 Å². The monoisotopic (exact) mass is 675 g/mol. The Hall–Kier alpha value is -3.08. The number of amides is 2. The maximum Gasteiger partial charge on any atom is 0.264 e. The Balaban J connectivity index is 1.68. The molecule has 224 valence electrons. The molecule has 1 fully saturated rings. The Bertz CT molecular complexity index is 1460. The molecule has 2 amide bonds. The lowest BCUT2D eigenvalue weighted by atomic mass is 10.1. The van der Waals surface area contributed by atoms with Gasteiger partial charge in [-0.05, 0) is 92.9 Å². The van der Waals surface area contributed by atoms with Gasteiger partial charge in [0.2, 0.25) is 11.8 Å². The molecule has 0 saturated heterocycles. The third kappa shape index (κ3) is 8.05. The van der Waals surface area contributed by atoms with Crippen molar-refractivity contribution in [1.29, 1.82) is 0 Å². The predicted molar refractivity (Wildman–Crippen MR) is 168 cm³/mol. The number of ether oxygens (including phenoxy) is 1. The van der Waals surface area contributed by atoms with E-state index >= 15 is 0 Å². The van der Waals surface area contributed by atoms with E-state index in [1.54, 1.807) is 31.2 Å². The molecule has 8 nitrogen and oxygen atoms in total. The zero-order valence-electron chi connectivity index (χ0n) is 23.6. The van der Waals surface area contributed by atoms with Crippen molar-refractivity contribution < 1.29 is 22.7 Å². The maximum absolute atomic E-state index is 14.1. The summed E-state index contributed by atoms with van der Waals surface area (Å²) < 4.78 is 35.3. The number of nitrogens with one attached hydrogen (secondary N) is 1. The van der Waals surface area contributed by atoms with E-state index in [-0.39, 0.29) is 29.1 Å². The maximum atomic E-state index is 14.1. The normalized spacial score (nSPS) is 14.3. The minimum atomic E-state index is -4.19. The smallest absolute Gasteiger partial charge is 0.264 e. The van der Waals surface area contributed by atoms with Gasteiger partial charge >= 0.3 is 0 Å². The molecule has 4 rings (SSSR count). The van der Waals surface area contributed by atoms with Crippen LogP contribution in [-0.4, -0.2) is 50.4 Å². The second-order valence-corrected chi connectivity index (χ2v) is 13.4. The number of anilines is 1. The third-order valence-electron chi connectivity index (χ3n) is 7.25. The van der Waals surface area contributed by atoms with Gasteiger partial charge in [-0.1, -0.05) is 52.5 Å². The van der Waals surface area contributed by atoms with Crippen LogP contribution in [-0.2, 0) is 26.2 Å². The lowest BCUT2D eigenvalue weighted by Crippen LogP contribution is -2.52. The molecule has 42 heavy (non-hydrogen) atoms. The molecule has 0 bridgehead atoms. The molecule has 1 saturated carbocycles. The van der Waals surface area contributed by atoms with Crippen LogP contribution >= 0.6 is 27.5 Å².